The van der Waals surface area contributed by atoms with Gasteiger partial charge in [0.15, 0.2) is 0 Å². The summed E-state index contributed by atoms with van der Waals surface area (Å²) in [6.07, 6.45) is 1.43. The van der Waals surface area contributed by atoms with Crippen molar-refractivity contribution in [3.8, 4) is 0 Å². The van der Waals surface area contributed by atoms with Crippen LogP contribution in [0.1, 0.15) is 13.8 Å². The maximum absolute atomic E-state index is 9.19. The molecule has 0 heterocycles. The lowest BCUT2D eigenvalue weighted by molar-refractivity contribution is 0.248. The monoisotopic (exact) mass is 266 g/mol. The molecule has 15 heavy (non-hydrogen) atoms. The second-order valence-electron chi connectivity index (χ2n) is 3.04. The summed E-state index contributed by atoms with van der Waals surface area (Å²) in [4.78, 5) is 0. The second-order valence-corrected chi connectivity index (χ2v) is 5.97. The summed E-state index contributed by atoms with van der Waals surface area (Å²) in [6.45, 7) is 4.25. The standard InChI is InChI=1S/C4H10O.2CH4O3S/c1-4(2)3-5;2*1-5(2,3)4/h4-5H,3H2,1-2H3;2*1H3,(H,2,3,4). The molecule has 7 nitrogen and oxygen atoms in total. The summed E-state index contributed by atoms with van der Waals surface area (Å²) in [5.74, 6) is 0.440. The topological polar surface area (TPSA) is 129 Å². The minimum Gasteiger partial charge on any atom is -0.396 e. The molecule has 0 bridgehead atoms. The fraction of sp³-hybridized carbons (Fsp3) is 1.00. The van der Waals surface area contributed by atoms with Crippen LogP contribution in [0.3, 0.4) is 0 Å². The van der Waals surface area contributed by atoms with Crippen molar-refractivity contribution in [2.75, 3.05) is 19.1 Å². The van der Waals surface area contributed by atoms with Crippen molar-refractivity contribution in [2.45, 2.75) is 13.8 Å². The Morgan fingerprint density at radius 2 is 1.00 bits per heavy atom. The third-order valence-electron chi connectivity index (χ3n) is 0.365. The predicted octanol–water partition coefficient (Wildman–Crippen LogP) is -0.357. The molecule has 0 spiro atoms. The molecule has 96 valence electrons. The maximum atomic E-state index is 9.19. The number of aliphatic hydroxyl groups is 1. The Labute approximate surface area is 90.6 Å². The first-order valence-corrected chi connectivity index (χ1v) is 7.42. The Morgan fingerprint density at radius 1 is 0.933 bits per heavy atom. The van der Waals surface area contributed by atoms with E-state index in [0.717, 1.165) is 0 Å². The van der Waals surface area contributed by atoms with Crippen LogP contribution in [-0.2, 0) is 20.2 Å². The van der Waals surface area contributed by atoms with Gasteiger partial charge in [-0.3, -0.25) is 9.11 Å². The van der Waals surface area contributed by atoms with Gasteiger partial charge in [0.05, 0.1) is 12.5 Å². The summed E-state index contributed by atoms with van der Waals surface area (Å²) in [7, 11) is -7.33. The molecule has 0 saturated carbocycles. The van der Waals surface area contributed by atoms with Crippen LogP contribution in [0.2, 0.25) is 0 Å². The fourth-order valence-corrected chi connectivity index (χ4v) is 0. The minimum atomic E-state index is -3.67. The lowest BCUT2D eigenvalue weighted by Crippen LogP contribution is -1.90. The van der Waals surface area contributed by atoms with Crippen LogP contribution in [0.4, 0.5) is 0 Å². The Balaban J connectivity index is -0.000000144. The Kier molecular flexibility index (Phi) is 12.2. The van der Waals surface area contributed by atoms with E-state index in [9.17, 15) is 16.8 Å². The van der Waals surface area contributed by atoms with Gasteiger partial charge in [0.25, 0.3) is 20.2 Å². The van der Waals surface area contributed by atoms with Gasteiger partial charge in [-0.2, -0.15) is 16.8 Å². The van der Waals surface area contributed by atoms with Crippen LogP contribution in [0.5, 0.6) is 0 Å². The van der Waals surface area contributed by atoms with Crippen molar-refractivity contribution in [2.24, 2.45) is 5.92 Å². The van der Waals surface area contributed by atoms with Crippen molar-refractivity contribution in [3.63, 3.8) is 0 Å². The highest BCUT2D eigenvalue weighted by Gasteiger charge is 1.82. The van der Waals surface area contributed by atoms with Crippen molar-refractivity contribution >= 4 is 20.2 Å². The lowest BCUT2D eigenvalue weighted by atomic mass is 10.2. The van der Waals surface area contributed by atoms with Crippen LogP contribution in [0.25, 0.3) is 0 Å². The molecule has 0 atom stereocenters. The van der Waals surface area contributed by atoms with E-state index in [0.29, 0.717) is 25.0 Å². The van der Waals surface area contributed by atoms with Gasteiger partial charge >= 0.3 is 0 Å². The molecule has 0 aliphatic rings. The van der Waals surface area contributed by atoms with Crippen molar-refractivity contribution in [3.05, 3.63) is 0 Å². The lowest BCUT2D eigenvalue weighted by Gasteiger charge is -1.90. The van der Waals surface area contributed by atoms with Crippen LogP contribution in [-0.4, -0.2) is 50.2 Å². The van der Waals surface area contributed by atoms with Gasteiger partial charge < -0.3 is 5.11 Å². The molecule has 0 amide bonds. The quantitative estimate of drug-likeness (QED) is 0.553. The highest BCUT2D eigenvalue weighted by Crippen LogP contribution is 1.83. The largest absolute Gasteiger partial charge is 0.396 e. The zero-order valence-corrected chi connectivity index (χ0v) is 10.7. The van der Waals surface area contributed by atoms with Crippen LogP contribution in [0, 0.1) is 5.92 Å². The van der Waals surface area contributed by atoms with Gasteiger partial charge in [-0.05, 0) is 5.92 Å². The molecule has 0 fully saturated rings. The molecule has 9 heteroatoms. The first-order valence-electron chi connectivity index (χ1n) is 3.73. The summed E-state index contributed by atoms with van der Waals surface area (Å²) in [5, 5.41) is 8.14. The van der Waals surface area contributed by atoms with E-state index in [2.05, 4.69) is 0 Å². The van der Waals surface area contributed by atoms with Gasteiger partial charge in [-0.15, -0.1) is 0 Å². The zero-order chi connectivity index (χ0) is 13.3. The van der Waals surface area contributed by atoms with Crippen molar-refractivity contribution in [1.29, 1.82) is 0 Å². The number of hydrogen-bond donors (Lipinski definition) is 3. The molecular formula is C6H18O7S2. The van der Waals surface area contributed by atoms with Gasteiger partial charge in [0.2, 0.25) is 0 Å². The molecule has 0 radical (unpaired) electrons. The SMILES string of the molecule is CC(C)CO.CS(=O)(=O)O.CS(=O)(=O)O. The highest BCUT2D eigenvalue weighted by molar-refractivity contribution is 7.85. The van der Waals surface area contributed by atoms with Gasteiger partial charge in [0, 0.05) is 6.61 Å². The van der Waals surface area contributed by atoms with Crippen LogP contribution >= 0.6 is 0 Å². The number of aliphatic hydroxyl groups excluding tert-OH is 1. The number of hydrogen-bond acceptors (Lipinski definition) is 5. The third kappa shape index (κ3) is 604. The van der Waals surface area contributed by atoms with Crippen molar-refractivity contribution in [1.82, 2.24) is 0 Å². The first kappa shape index (κ1) is 20.2. The maximum Gasteiger partial charge on any atom is 0.261 e. The molecule has 0 saturated heterocycles. The van der Waals surface area contributed by atoms with Crippen molar-refractivity contribution < 1.29 is 31.0 Å². The van der Waals surface area contributed by atoms with Gasteiger partial charge in [-0.1, -0.05) is 13.8 Å². The fourth-order valence-electron chi connectivity index (χ4n) is 0. The molecule has 0 aromatic carbocycles. The smallest absolute Gasteiger partial charge is 0.261 e. The molecule has 3 N–H and O–H groups in total. The molecular weight excluding hydrogens is 248 g/mol. The second kappa shape index (κ2) is 9.04. The summed E-state index contributed by atoms with van der Waals surface area (Å²) in [6, 6.07) is 0. The van der Waals surface area contributed by atoms with E-state index >= 15 is 0 Å². The Bertz CT molecular complexity index is 267. The molecule has 0 aromatic rings. The van der Waals surface area contributed by atoms with Crippen LogP contribution < -0.4 is 0 Å². The normalized spacial score (nSPS) is 10.9. The molecule has 0 aliphatic carbocycles. The van der Waals surface area contributed by atoms with E-state index in [4.69, 9.17) is 14.2 Å². The Morgan fingerprint density at radius 3 is 1.00 bits per heavy atom. The minimum absolute atomic E-state index is 0.306. The van der Waals surface area contributed by atoms with E-state index in [-0.39, 0.29) is 0 Å². The molecule has 0 aromatic heterocycles. The summed E-state index contributed by atoms with van der Waals surface area (Å²) >= 11 is 0. The predicted molar refractivity (Wildman–Crippen MR) is 56.9 cm³/mol. The molecule has 0 rings (SSSR count). The third-order valence-corrected chi connectivity index (χ3v) is 0.365. The summed E-state index contributed by atoms with van der Waals surface area (Å²) in [5.41, 5.74) is 0. The van der Waals surface area contributed by atoms with E-state index < -0.39 is 20.2 Å². The van der Waals surface area contributed by atoms with Crippen LogP contribution in [0.15, 0.2) is 0 Å². The molecule has 0 unspecified atom stereocenters. The van der Waals surface area contributed by atoms with E-state index in [1.54, 1.807) is 0 Å². The van der Waals surface area contributed by atoms with Gasteiger partial charge in [-0.25, -0.2) is 0 Å². The highest BCUT2D eigenvalue weighted by atomic mass is 32.2. The van der Waals surface area contributed by atoms with Gasteiger partial charge in [0.1, 0.15) is 0 Å². The summed E-state index contributed by atoms with van der Waals surface area (Å²) < 4.78 is 51.7. The first-order chi connectivity index (χ1) is 6.27. The zero-order valence-electron chi connectivity index (χ0n) is 9.08. The number of rotatable bonds is 1. The van der Waals surface area contributed by atoms with E-state index in [1.165, 1.54) is 0 Å². The molecule has 0 aliphatic heterocycles. The van der Waals surface area contributed by atoms with E-state index in [1.807, 2.05) is 13.8 Å². The average Bonchev–Trinajstić information content (AvgIpc) is 1.79. The Hall–Kier alpha value is -0.220. The average molecular weight is 266 g/mol.